The Morgan fingerprint density at radius 2 is 1.77 bits per heavy atom. The molecule has 0 radical (unpaired) electrons. The molecule has 2 aromatic rings. The average molecular weight is 359 g/mol. The van der Waals surface area contributed by atoms with Crippen LogP contribution in [0.5, 0.6) is 17.2 Å². The van der Waals surface area contributed by atoms with E-state index in [9.17, 15) is 20.0 Å². The number of phenolic OH excluding ortho intramolecular Hbond substituents is 1. The number of non-ortho nitro benzene ring substituents is 1. The lowest BCUT2D eigenvalue weighted by Crippen LogP contribution is -2.10. The fourth-order valence-electron chi connectivity index (χ4n) is 2.50. The SMILES string of the molecule is CCCc1c(OCCOc2ccc([N+](=O)[O-])cc2)ccc(C(C)=O)c1O. The molecule has 0 spiro atoms. The number of ether oxygens (including phenoxy) is 2. The summed E-state index contributed by atoms with van der Waals surface area (Å²) in [4.78, 5) is 21.7. The van der Waals surface area contributed by atoms with Crippen LogP contribution in [0, 0.1) is 10.1 Å². The fourth-order valence-corrected chi connectivity index (χ4v) is 2.50. The minimum atomic E-state index is -0.473. The summed E-state index contributed by atoms with van der Waals surface area (Å²) in [5.74, 6) is 0.783. The number of nitro benzene ring substituents is 1. The Labute approximate surface area is 151 Å². The van der Waals surface area contributed by atoms with E-state index in [0.717, 1.165) is 6.42 Å². The predicted octanol–water partition coefficient (Wildman–Crippen LogP) is 3.91. The molecule has 7 nitrogen and oxygen atoms in total. The summed E-state index contributed by atoms with van der Waals surface area (Å²) >= 11 is 0. The molecule has 2 aromatic carbocycles. The van der Waals surface area contributed by atoms with Crippen LogP contribution in [0.25, 0.3) is 0 Å². The Morgan fingerprint density at radius 3 is 2.35 bits per heavy atom. The number of benzene rings is 2. The zero-order valence-corrected chi connectivity index (χ0v) is 14.7. The van der Waals surface area contributed by atoms with Crippen LogP contribution in [0.4, 0.5) is 5.69 Å². The molecule has 0 amide bonds. The third-order valence-corrected chi connectivity index (χ3v) is 3.78. The lowest BCUT2D eigenvalue weighted by atomic mass is 10.0. The summed E-state index contributed by atoms with van der Waals surface area (Å²) in [5, 5.41) is 20.9. The zero-order chi connectivity index (χ0) is 19.1. The third-order valence-electron chi connectivity index (χ3n) is 3.78. The van der Waals surface area contributed by atoms with E-state index in [2.05, 4.69) is 0 Å². The molecule has 1 N–H and O–H groups in total. The molecule has 0 aliphatic rings. The van der Waals surface area contributed by atoms with Crippen molar-refractivity contribution in [2.75, 3.05) is 13.2 Å². The molecular weight excluding hydrogens is 338 g/mol. The van der Waals surface area contributed by atoms with Crippen LogP contribution in [0.2, 0.25) is 0 Å². The second-order valence-corrected chi connectivity index (χ2v) is 5.69. The lowest BCUT2D eigenvalue weighted by molar-refractivity contribution is -0.384. The number of ketones is 1. The smallest absolute Gasteiger partial charge is 0.269 e. The van der Waals surface area contributed by atoms with Gasteiger partial charge in [-0.3, -0.25) is 14.9 Å². The number of carbonyl (C=O) groups is 1. The molecule has 26 heavy (non-hydrogen) atoms. The predicted molar refractivity (Wildman–Crippen MR) is 96.2 cm³/mol. The number of carbonyl (C=O) groups excluding carboxylic acids is 1. The molecule has 7 heteroatoms. The monoisotopic (exact) mass is 359 g/mol. The Bertz CT molecular complexity index is 785. The van der Waals surface area contributed by atoms with Crippen molar-refractivity contribution in [2.45, 2.75) is 26.7 Å². The highest BCUT2D eigenvalue weighted by atomic mass is 16.6. The van der Waals surface area contributed by atoms with Crippen molar-refractivity contribution in [3.8, 4) is 17.2 Å². The quantitative estimate of drug-likeness (QED) is 0.315. The van der Waals surface area contributed by atoms with Crippen molar-refractivity contribution in [2.24, 2.45) is 0 Å². The number of aromatic hydroxyl groups is 1. The molecule has 0 bridgehead atoms. The van der Waals surface area contributed by atoms with Gasteiger partial charge in [-0.1, -0.05) is 13.3 Å². The first kappa shape index (κ1) is 19.2. The Balaban J connectivity index is 1.97. The minimum Gasteiger partial charge on any atom is -0.507 e. The largest absolute Gasteiger partial charge is 0.507 e. The zero-order valence-electron chi connectivity index (χ0n) is 14.7. The van der Waals surface area contributed by atoms with Gasteiger partial charge in [0.1, 0.15) is 30.5 Å². The minimum absolute atomic E-state index is 0.00107. The molecule has 0 unspecified atom stereocenters. The second kappa shape index (κ2) is 8.84. The van der Waals surface area contributed by atoms with Gasteiger partial charge in [0, 0.05) is 17.7 Å². The highest BCUT2D eigenvalue weighted by molar-refractivity contribution is 5.97. The van der Waals surface area contributed by atoms with Gasteiger partial charge in [-0.05, 0) is 37.6 Å². The average Bonchev–Trinajstić information content (AvgIpc) is 2.61. The molecule has 0 saturated heterocycles. The molecule has 0 aliphatic heterocycles. The van der Waals surface area contributed by atoms with Crippen LogP contribution in [-0.2, 0) is 6.42 Å². The Morgan fingerprint density at radius 1 is 1.12 bits per heavy atom. The number of Topliss-reactive ketones (excluding diaryl/α,β-unsaturated/α-hetero) is 1. The first-order valence-electron chi connectivity index (χ1n) is 8.29. The summed E-state index contributed by atoms with van der Waals surface area (Å²) in [5.41, 5.74) is 0.886. The molecule has 0 fully saturated rings. The van der Waals surface area contributed by atoms with Crippen molar-refractivity contribution in [1.82, 2.24) is 0 Å². The molecule has 0 atom stereocenters. The maximum atomic E-state index is 11.6. The van der Waals surface area contributed by atoms with Gasteiger partial charge in [0.15, 0.2) is 5.78 Å². The van der Waals surface area contributed by atoms with Gasteiger partial charge < -0.3 is 14.6 Å². The van der Waals surface area contributed by atoms with Crippen LogP contribution in [0.1, 0.15) is 36.2 Å². The second-order valence-electron chi connectivity index (χ2n) is 5.69. The van der Waals surface area contributed by atoms with Crippen molar-refractivity contribution in [3.63, 3.8) is 0 Å². The van der Waals surface area contributed by atoms with Gasteiger partial charge in [-0.25, -0.2) is 0 Å². The molecule has 2 rings (SSSR count). The lowest BCUT2D eigenvalue weighted by Gasteiger charge is -2.15. The Kier molecular flexibility index (Phi) is 6.54. The van der Waals surface area contributed by atoms with Crippen molar-refractivity contribution in [1.29, 1.82) is 0 Å². The number of phenols is 1. The van der Waals surface area contributed by atoms with Gasteiger partial charge in [0.2, 0.25) is 0 Å². The van der Waals surface area contributed by atoms with Crippen LogP contribution in [-0.4, -0.2) is 29.0 Å². The van der Waals surface area contributed by atoms with E-state index >= 15 is 0 Å². The number of hydrogen-bond donors (Lipinski definition) is 1. The van der Waals surface area contributed by atoms with Crippen LogP contribution in [0.3, 0.4) is 0 Å². The molecule has 0 heterocycles. The van der Waals surface area contributed by atoms with E-state index in [1.165, 1.54) is 31.2 Å². The summed E-state index contributed by atoms with van der Waals surface area (Å²) in [6, 6.07) is 9.00. The summed E-state index contributed by atoms with van der Waals surface area (Å²) < 4.78 is 11.2. The summed E-state index contributed by atoms with van der Waals surface area (Å²) in [7, 11) is 0. The van der Waals surface area contributed by atoms with Crippen molar-refractivity contribution in [3.05, 3.63) is 57.6 Å². The third kappa shape index (κ3) is 4.72. The van der Waals surface area contributed by atoms with E-state index < -0.39 is 4.92 Å². The molecular formula is C19H21NO6. The maximum Gasteiger partial charge on any atom is 0.269 e. The van der Waals surface area contributed by atoms with E-state index in [1.54, 1.807) is 12.1 Å². The Hall–Kier alpha value is -3.09. The molecule has 0 saturated carbocycles. The van der Waals surface area contributed by atoms with E-state index in [0.29, 0.717) is 23.5 Å². The van der Waals surface area contributed by atoms with Gasteiger partial charge in [-0.2, -0.15) is 0 Å². The first-order chi connectivity index (χ1) is 12.4. The number of nitrogens with zero attached hydrogens (tertiary/aromatic N) is 1. The number of rotatable bonds is 9. The van der Waals surface area contributed by atoms with E-state index in [4.69, 9.17) is 9.47 Å². The highest BCUT2D eigenvalue weighted by Crippen LogP contribution is 2.33. The van der Waals surface area contributed by atoms with E-state index in [-0.39, 0.29) is 36.0 Å². The van der Waals surface area contributed by atoms with E-state index in [1.807, 2.05) is 6.92 Å². The first-order valence-corrected chi connectivity index (χ1v) is 8.29. The highest BCUT2D eigenvalue weighted by Gasteiger charge is 2.15. The topological polar surface area (TPSA) is 98.9 Å². The molecule has 0 aliphatic carbocycles. The van der Waals surface area contributed by atoms with Crippen LogP contribution in [0.15, 0.2) is 36.4 Å². The molecule has 0 aromatic heterocycles. The normalized spacial score (nSPS) is 10.4. The van der Waals surface area contributed by atoms with Crippen LogP contribution < -0.4 is 9.47 Å². The van der Waals surface area contributed by atoms with Gasteiger partial charge in [-0.15, -0.1) is 0 Å². The van der Waals surface area contributed by atoms with Gasteiger partial charge in [0.05, 0.1) is 10.5 Å². The number of nitro groups is 1. The van der Waals surface area contributed by atoms with Crippen LogP contribution >= 0.6 is 0 Å². The maximum absolute atomic E-state index is 11.6. The molecule has 138 valence electrons. The fraction of sp³-hybridized carbons (Fsp3) is 0.316. The van der Waals surface area contributed by atoms with Gasteiger partial charge in [0.25, 0.3) is 5.69 Å². The number of hydrogen-bond acceptors (Lipinski definition) is 6. The standard InChI is InChI=1S/C19H21NO6/c1-3-4-17-18(10-9-16(13(2)21)19(17)22)26-12-11-25-15-7-5-14(6-8-15)20(23)24/h5-10,22H,3-4,11-12H2,1-2H3. The van der Waals surface area contributed by atoms with Crippen molar-refractivity contribution < 1.29 is 24.3 Å². The van der Waals surface area contributed by atoms with Crippen molar-refractivity contribution >= 4 is 11.5 Å². The van der Waals surface area contributed by atoms with Gasteiger partial charge >= 0.3 is 0 Å². The summed E-state index contributed by atoms with van der Waals surface area (Å²) in [6.07, 6.45) is 1.38. The summed E-state index contributed by atoms with van der Waals surface area (Å²) in [6.45, 7) is 3.84.